The number of hydrogen-bond donors (Lipinski definition) is 1. The fourth-order valence-corrected chi connectivity index (χ4v) is 3.06. The minimum absolute atomic E-state index is 0.246. The smallest absolute Gasteiger partial charge is 0.248 e. The molecule has 6 heteroatoms. The first-order valence-corrected chi connectivity index (χ1v) is 9.28. The number of aryl methyl sites for hydroxylation is 1. The molecule has 0 aliphatic rings. The molecule has 1 N–H and O–H groups in total. The minimum Gasteiger partial charge on any atom is -0.495 e. The zero-order valence-electron chi connectivity index (χ0n) is 15.1. The van der Waals surface area contributed by atoms with E-state index in [1.807, 2.05) is 48.7 Å². The van der Waals surface area contributed by atoms with Gasteiger partial charge in [-0.2, -0.15) is 0 Å². The van der Waals surface area contributed by atoms with Crippen molar-refractivity contribution in [2.45, 2.75) is 13.5 Å². The summed E-state index contributed by atoms with van der Waals surface area (Å²) in [4.78, 5) is 16.6. The summed E-state index contributed by atoms with van der Waals surface area (Å²) in [6, 6.07) is 14.8. The van der Waals surface area contributed by atoms with Crippen LogP contribution in [-0.4, -0.2) is 18.0 Å². The van der Waals surface area contributed by atoms with Crippen LogP contribution in [0.1, 0.15) is 16.3 Å². The van der Waals surface area contributed by atoms with Gasteiger partial charge in [-0.15, -0.1) is 11.3 Å². The van der Waals surface area contributed by atoms with E-state index in [1.54, 1.807) is 36.7 Å². The van der Waals surface area contributed by atoms with E-state index in [0.717, 1.165) is 16.3 Å². The Morgan fingerprint density at radius 3 is 2.63 bits per heavy atom. The predicted octanol–water partition coefficient (Wildman–Crippen LogP) is 4.69. The Kier molecular flexibility index (Phi) is 6.22. The zero-order chi connectivity index (χ0) is 19.1. The fourth-order valence-electron chi connectivity index (χ4n) is 2.46. The lowest BCUT2D eigenvalue weighted by atomic mass is 10.2. The van der Waals surface area contributed by atoms with Gasteiger partial charge < -0.3 is 14.8 Å². The van der Waals surface area contributed by atoms with Gasteiger partial charge in [-0.1, -0.05) is 30.3 Å². The van der Waals surface area contributed by atoms with Crippen molar-refractivity contribution in [3.63, 3.8) is 0 Å². The lowest BCUT2D eigenvalue weighted by Gasteiger charge is -2.09. The van der Waals surface area contributed by atoms with E-state index in [0.29, 0.717) is 23.8 Å². The number of aromatic nitrogens is 1. The van der Waals surface area contributed by atoms with Crippen molar-refractivity contribution in [3.8, 4) is 11.5 Å². The van der Waals surface area contributed by atoms with E-state index in [9.17, 15) is 4.79 Å². The molecule has 138 valence electrons. The van der Waals surface area contributed by atoms with Gasteiger partial charge in [0.1, 0.15) is 18.1 Å². The van der Waals surface area contributed by atoms with Gasteiger partial charge in [0.15, 0.2) is 0 Å². The fraction of sp³-hybridized carbons (Fsp3) is 0.143. The van der Waals surface area contributed by atoms with Crippen LogP contribution in [-0.2, 0) is 11.4 Å². The molecule has 5 nitrogen and oxygen atoms in total. The topological polar surface area (TPSA) is 60.5 Å². The molecule has 0 saturated carbocycles. The number of carbonyl (C=O) groups excluding carboxylic acids is 1. The maximum atomic E-state index is 12.2. The Hall–Kier alpha value is -3.12. The Morgan fingerprint density at radius 1 is 1.15 bits per heavy atom. The van der Waals surface area contributed by atoms with Crippen LogP contribution in [0.4, 0.5) is 5.69 Å². The van der Waals surface area contributed by atoms with Crippen LogP contribution in [0.5, 0.6) is 11.5 Å². The monoisotopic (exact) mass is 380 g/mol. The second-order valence-electron chi connectivity index (χ2n) is 5.71. The van der Waals surface area contributed by atoms with Gasteiger partial charge >= 0.3 is 0 Å². The van der Waals surface area contributed by atoms with Crippen molar-refractivity contribution in [2.24, 2.45) is 0 Å². The van der Waals surface area contributed by atoms with Crippen molar-refractivity contribution in [3.05, 3.63) is 76.3 Å². The molecule has 27 heavy (non-hydrogen) atoms. The molecule has 0 spiro atoms. The van der Waals surface area contributed by atoms with Crippen LogP contribution in [0, 0.1) is 6.92 Å². The van der Waals surface area contributed by atoms with E-state index in [4.69, 9.17) is 9.47 Å². The molecular formula is C21H20N2O3S. The number of carbonyl (C=O) groups is 1. The van der Waals surface area contributed by atoms with Gasteiger partial charge in [-0.25, -0.2) is 4.98 Å². The van der Waals surface area contributed by atoms with Crippen LogP contribution >= 0.6 is 11.3 Å². The van der Waals surface area contributed by atoms with Crippen LogP contribution in [0.25, 0.3) is 6.08 Å². The highest BCUT2D eigenvalue weighted by Crippen LogP contribution is 2.24. The number of para-hydroxylation sites is 3. The van der Waals surface area contributed by atoms with Gasteiger partial charge in [0, 0.05) is 17.0 Å². The number of benzene rings is 2. The Balaban J connectivity index is 1.66. The molecule has 0 aliphatic carbocycles. The summed E-state index contributed by atoms with van der Waals surface area (Å²) >= 11 is 1.59. The lowest BCUT2D eigenvalue weighted by molar-refractivity contribution is -0.111. The summed E-state index contributed by atoms with van der Waals surface area (Å²) in [5.41, 5.74) is 2.34. The maximum Gasteiger partial charge on any atom is 0.248 e. The Labute approximate surface area is 162 Å². The predicted molar refractivity (Wildman–Crippen MR) is 108 cm³/mol. The van der Waals surface area contributed by atoms with Gasteiger partial charge in [0.05, 0.1) is 23.5 Å². The largest absolute Gasteiger partial charge is 0.495 e. The maximum absolute atomic E-state index is 12.2. The summed E-state index contributed by atoms with van der Waals surface area (Å²) in [6.07, 6.45) is 3.20. The molecule has 0 radical (unpaired) electrons. The van der Waals surface area contributed by atoms with Crippen LogP contribution in [0.2, 0.25) is 0 Å². The van der Waals surface area contributed by atoms with E-state index >= 15 is 0 Å². The van der Waals surface area contributed by atoms with Gasteiger partial charge in [-0.05, 0) is 31.2 Å². The third-order valence-electron chi connectivity index (χ3n) is 3.74. The molecule has 0 aliphatic heterocycles. The van der Waals surface area contributed by atoms with Crippen molar-refractivity contribution >= 4 is 29.0 Å². The Morgan fingerprint density at radius 2 is 1.89 bits per heavy atom. The van der Waals surface area contributed by atoms with E-state index < -0.39 is 0 Å². The van der Waals surface area contributed by atoms with Crippen molar-refractivity contribution in [2.75, 3.05) is 12.4 Å². The quantitative estimate of drug-likeness (QED) is 0.604. The number of amides is 1. The summed E-state index contributed by atoms with van der Waals surface area (Å²) in [6.45, 7) is 2.35. The molecule has 0 fully saturated rings. The number of anilines is 1. The summed E-state index contributed by atoms with van der Waals surface area (Å²) < 4.78 is 11.1. The highest BCUT2D eigenvalue weighted by atomic mass is 32.1. The third kappa shape index (κ3) is 5.18. The molecular weight excluding hydrogens is 360 g/mol. The van der Waals surface area contributed by atoms with Gasteiger partial charge in [-0.3, -0.25) is 4.79 Å². The lowest BCUT2D eigenvalue weighted by Crippen LogP contribution is -2.08. The van der Waals surface area contributed by atoms with Crippen molar-refractivity contribution in [1.82, 2.24) is 4.98 Å². The molecule has 3 rings (SSSR count). The molecule has 0 unspecified atom stereocenters. The third-order valence-corrected chi connectivity index (χ3v) is 4.56. The number of methoxy groups -OCH3 is 1. The molecule has 1 aromatic heterocycles. The van der Waals surface area contributed by atoms with E-state index in [2.05, 4.69) is 10.3 Å². The van der Waals surface area contributed by atoms with Crippen molar-refractivity contribution < 1.29 is 14.3 Å². The minimum atomic E-state index is -0.246. The first-order chi connectivity index (χ1) is 13.2. The SMILES string of the molecule is COc1ccccc1NC(=O)/C=C/c1ccccc1OCc1csc(C)n1. The highest BCUT2D eigenvalue weighted by molar-refractivity contribution is 7.09. The molecule has 0 bridgehead atoms. The number of thiazole rings is 1. The zero-order valence-corrected chi connectivity index (χ0v) is 16.0. The summed E-state index contributed by atoms with van der Waals surface area (Å²) in [5, 5.41) is 5.80. The van der Waals surface area contributed by atoms with Crippen LogP contribution in [0.3, 0.4) is 0 Å². The second kappa shape index (κ2) is 9.00. The van der Waals surface area contributed by atoms with Crippen LogP contribution in [0.15, 0.2) is 60.0 Å². The first-order valence-electron chi connectivity index (χ1n) is 8.40. The Bertz CT molecular complexity index is 950. The van der Waals surface area contributed by atoms with Crippen molar-refractivity contribution in [1.29, 1.82) is 0 Å². The molecule has 0 saturated heterocycles. The molecule has 0 atom stereocenters. The average molecular weight is 380 g/mol. The second-order valence-corrected chi connectivity index (χ2v) is 6.77. The molecule has 3 aromatic rings. The number of rotatable bonds is 7. The number of ether oxygens (including phenoxy) is 2. The number of hydrogen-bond acceptors (Lipinski definition) is 5. The van der Waals surface area contributed by atoms with Gasteiger partial charge in [0.2, 0.25) is 5.91 Å². The van der Waals surface area contributed by atoms with E-state index in [-0.39, 0.29) is 5.91 Å². The summed E-state index contributed by atoms with van der Waals surface area (Å²) in [7, 11) is 1.57. The first kappa shape index (κ1) is 18.7. The standard InChI is InChI=1S/C21H20N2O3S/c1-15-22-17(14-27-15)13-26-19-9-5-3-7-16(19)11-12-21(24)23-18-8-4-6-10-20(18)25-2/h3-12,14H,13H2,1-2H3,(H,23,24)/b12-11+. The van der Waals surface area contributed by atoms with Gasteiger partial charge in [0.25, 0.3) is 0 Å². The average Bonchev–Trinajstić information content (AvgIpc) is 3.11. The van der Waals surface area contributed by atoms with E-state index in [1.165, 1.54) is 6.08 Å². The number of nitrogens with zero attached hydrogens (tertiary/aromatic N) is 1. The molecule has 1 heterocycles. The normalized spacial score (nSPS) is 10.7. The summed E-state index contributed by atoms with van der Waals surface area (Å²) in [5.74, 6) is 1.07. The molecule has 1 amide bonds. The highest BCUT2D eigenvalue weighted by Gasteiger charge is 2.06. The number of nitrogens with one attached hydrogen (secondary N) is 1. The molecule has 2 aromatic carbocycles. The van der Waals surface area contributed by atoms with Crippen LogP contribution < -0.4 is 14.8 Å².